The van der Waals surface area contributed by atoms with Gasteiger partial charge < -0.3 is 20.5 Å². The van der Waals surface area contributed by atoms with E-state index in [0.717, 1.165) is 25.3 Å². The maximum atomic E-state index is 14.9. The molecule has 304 valence electrons. The number of halogens is 4. The van der Waals surface area contributed by atoms with Crippen LogP contribution in [0.3, 0.4) is 0 Å². The summed E-state index contributed by atoms with van der Waals surface area (Å²) in [5.74, 6) is -4.06. The van der Waals surface area contributed by atoms with E-state index in [0.29, 0.717) is 49.1 Å². The van der Waals surface area contributed by atoms with Crippen molar-refractivity contribution in [1.82, 2.24) is 20.5 Å². The Morgan fingerprint density at radius 3 is 2.23 bits per heavy atom. The van der Waals surface area contributed by atoms with Crippen molar-refractivity contribution in [2.45, 2.75) is 104 Å². The molecule has 3 N–H and O–H groups in total. The highest BCUT2D eigenvalue weighted by atomic mass is 19.4. The highest BCUT2D eigenvalue weighted by molar-refractivity contribution is 5.99. The van der Waals surface area contributed by atoms with Crippen LogP contribution in [0.4, 0.5) is 17.6 Å². The minimum Gasteiger partial charge on any atom is -0.358 e. The second-order valence-electron chi connectivity index (χ2n) is 16.0. The van der Waals surface area contributed by atoms with Gasteiger partial charge in [0.15, 0.2) is 5.78 Å². The normalized spacial score (nSPS) is 19.8. The van der Waals surface area contributed by atoms with E-state index in [4.69, 9.17) is 0 Å². The van der Waals surface area contributed by atoms with Gasteiger partial charge in [0.2, 0.25) is 18.2 Å². The number of aromatic nitrogens is 1. The highest BCUT2D eigenvalue weighted by Gasteiger charge is 2.47. The largest absolute Gasteiger partial charge is 0.418 e. The lowest BCUT2D eigenvalue weighted by molar-refractivity contribution is -0.139. The van der Waals surface area contributed by atoms with Gasteiger partial charge in [0.25, 0.3) is 0 Å². The lowest BCUT2D eigenvalue weighted by Gasteiger charge is -2.39. The second-order valence-corrected chi connectivity index (χ2v) is 16.0. The summed E-state index contributed by atoms with van der Waals surface area (Å²) < 4.78 is 56.8. The molecule has 13 heteroatoms. The SMILES string of the molecule is CCC(C)[C@H](CC(=O)[C@@]1(NC(=O)[C@@H](CC(=O)Cc2ccccc2F)C(C)CC)CCc2[nH]c3c(C(F)(F)F)cccc3c2C1)C(=O)NCC1CCN(C=O)CC1. The van der Waals surface area contributed by atoms with E-state index in [1.807, 2.05) is 27.7 Å². The van der Waals surface area contributed by atoms with Gasteiger partial charge in [-0.3, -0.25) is 24.0 Å². The summed E-state index contributed by atoms with van der Waals surface area (Å²) in [4.78, 5) is 72.4. The first kappa shape index (κ1) is 42.6. The van der Waals surface area contributed by atoms with E-state index in [9.17, 15) is 41.5 Å². The first-order valence-corrected chi connectivity index (χ1v) is 19.9. The van der Waals surface area contributed by atoms with Crippen LogP contribution in [-0.2, 0) is 49.4 Å². The summed E-state index contributed by atoms with van der Waals surface area (Å²) in [5.41, 5.74) is -1.25. The van der Waals surface area contributed by atoms with Crippen molar-refractivity contribution in [3.05, 3.63) is 70.7 Å². The Kier molecular flexibility index (Phi) is 13.8. The van der Waals surface area contributed by atoms with Crippen LogP contribution in [-0.4, -0.2) is 64.8 Å². The Bertz CT molecular complexity index is 1900. The van der Waals surface area contributed by atoms with Crippen molar-refractivity contribution >= 4 is 40.7 Å². The number of benzene rings is 2. The maximum absolute atomic E-state index is 14.9. The molecule has 0 saturated carbocycles. The summed E-state index contributed by atoms with van der Waals surface area (Å²) in [6.45, 7) is 9.13. The zero-order valence-corrected chi connectivity index (χ0v) is 32.7. The number of hydrogen-bond acceptors (Lipinski definition) is 5. The van der Waals surface area contributed by atoms with E-state index in [1.54, 1.807) is 17.0 Å². The van der Waals surface area contributed by atoms with Gasteiger partial charge in [0, 0.05) is 68.2 Å². The number of amides is 3. The molecule has 56 heavy (non-hydrogen) atoms. The lowest BCUT2D eigenvalue weighted by atomic mass is 9.72. The molecule has 0 radical (unpaired) electrons. The molecule has 3 amide bonds. The molecule has 2 heterocycles. The van der Waals surface area contributed by atoms with E-state index in [-0.39, 0.29) is 79.0 Å². The molecule has 0 spiro atoms. The Labute approximate surface area is 325 Å². The molecule has 1 aliphatic carbocycles. The number of rotatable bonds is 17. The van der Waals surface area contributed by atoms with Gasteiger partial charge in [-0.2, -0.15) is 13.2 Å². The number of carbonyl (C=O) groups excluding carboxylic acids is 5. The summed E-state index contributed by atoms with van der Waals surface area (Å²) in [6.07, 6.45) is -1.70. The number of aryl methyl sites for hydroxylation is 1. The zero-order chi connectivity index (χ0) is 40.8. The smallest absolute Gasteiger partial charge is 0.358 e. The number of aromatic amines is 1. The van der Waals surface area contributed by atoms with Crippen molar-refractivity contribution in [1.29, 1.82) is 0 Å². The lowest BCUT2D eigenvalue weighted by Crippen LogP contribution is -2.60. The van der Waals surface area contributed by atoms with Crippen LogP contribution in [0.25, 0.3) is 10.9 Å². The van der Waals surface area contributed by atoms with Crippen LogP contribution in [0.15, 0.2) is 42.5 Å². The van der Waals surface area contributed by atoms with Crippen LogP contribution < -0.4 is 10.6 Å². The number of H-pyrrole nitrogens is 1. The monoisotopic (exact) mass is 782 g/mol. The maximum Gasteiger partial charge on any atom is 0.418 e. The van der Waals surface area contributed by atoms with Crippen LogP contribution >= 0.6 is 0 Å². The van der Waals surface area contributed by atoms with Crippen molar-refractivity contribution in [2.75, 3.05) is 19.6 Å². The third-order valence-electron chi connectivity index (χ3n) is 12.4. The van der Waals surface area contributed by atoms with E-state index in [1.165, 1.54) is 24.3 Å². The molecular formula is C43H54F4N4O5. The van der Waals surface area contributed by atoms with Gasteiger partial charge >= 0.3 is 6.18 Å². The number of ketones is 2. The minimum atomic E-state index is -4.63. The third-order valence-corrected chi connectivity index (χ3v) is 12.4. The number of likely N-dealkylation sites (tertiary alicyclic amines) is 1. The molecule has 2 aromatic carbocycles. The molecule has 9 nitrogen and oxygen atoms in total. The number of para-hydroxylation sites is 1. The molecule has 5 atom stereocenters. The number of Topliss-reactive ketones (excluding diaryl/α,β-unsaturated/α-hetero) is 2. The summed E-state index contributed by atoms with van der Waals surface area (Å²) in [7, 11) is 0. The molecule has 1 aliphatic heterocycles. The molecule has 1 aromatic heterocycles. The van der Waals surface area contributed by atoms with E-state index >= 15 is 0 Å². The zero-order valence-electron chi connectivity index (χ0n) is 32.7. The van der Waals surface area contributed by atoms with Crippen molar-refractivity contribution in [2.24, 2.45) is 29.6 Å². The Hall–Kier alpha value is -4.55. The average Bonchev–Trinajstić information content (AvgIpc) is 3.55. The standard InChI is InChI=1S/C43H54F4N4O5/c1-5-26(3)32(21-30(53)20-29-10-7-8-13-36(29)44)41(56)50-42(17-14-37-34(23-42)31-11-9-12-35(39(31)49-37)43(45,46)47)38(54)22-33(27(4)6-2)40(55)48-24-28-15-18-51(25-52)19-16-28/h7-13,25-28,32-33,49H,5-6,14-24H2,1-4H3,(H,48,55)(H,50,56)/t26?,27?,32-,33-,42+/m0/s1. The highest BCUT2D eigenvalue weighted by Crippen LogP contribution is 2.41. The quantitative estimate of drug-likeness (QED) is 0.0992. The third kappa shape index (κ3) is 9.69. The Morgan fingerprint density at radius 2 is 1.61 bits per heavy atom. The number of piperidine rings is 1. The predicted octanol–water partition coefficient (Wildman–Crippen LogP) is 7.14. The number of nitrogens with zero attached hydrogens (tertiary/aromatic N) is 1. The number of hydrogen-bond donors (Lipinski definition) is 3. The first-order chi connectivity index (χ1) is 26.6. The Balaban J connectivity index is 1.46. The Morgan fingerprint density at radius 1 is 0.946 bits per heavy atom. The van der Waals surface area contributed by atoms with Gasteiger partial charge in [-0.1, -0.05) is 70.9 Å². The van der Waals surface area contributed by atoms with Crippen molar-refractivity contribution in [3.63, 3.8) is 0 Å². The molecule has 1 fully saturated rings. The van der Waals surface area contributed by atoms with Gasteiger partial charge in [-0.25, -0.2) is 4.39 Å². The molecular weight excluding hydrogens is 728 g/mol. The van der Waals surface area contributed by atoms with Gasteiger partial charge in [0.05, 0.1) is 11.1 Å². The fourth-order valence-corrected chi connectivity index (χ4v) is 8.33. The molecule has 1 saturated heterocycles. The number of carbonyl (C=O) groups is 5. The summed E-state index contributed by atoms with van der Waals surface area (Å²) in [5, 5.41) is 6.39. The number of fused-ring (bicyclic) bond motifs is 3. The van der Waals surface area contributed by atoms with Gasteiger partial charge in [0.1, 0.15) is 17.1 Å². The van der Waals surface area contributed by atoms with E-state index in [2.05, 4.69) is 15.6 Å². The predicted molar refractivity (Wildman–Crippen MR) is 205 cm³/mol. The molecule has 5 rings (SSSR count). The van der Waals surface area contributed by atoms with Gasteiger partial charge in [-0.15, -0.1) is 0 Å². The summed E-state index contributed by atoms with van der Waals surface area (Å²) >= 11 is 0. The molecule has 2 unspecified atom stereocenters. The minimum absolute atomic E-state index is 0.0687. The van der Waals surface area contributed by atoms with Crippen LogP contribution in [0.2, 0.25) is 0 Å². The van der Waals surface area contributed by atoms with Crippen molar-refractivity contribution < 1.29 is 41.5 Å². The van der Waals surface area contributed by atoms with Gasteiger partial charge in [-0.05, 0) is 66.7 Å². The van der Waals surface area contributed by atoms with Crippen LogP contribution in [0.1, 0.15) is 95.0 Å². The first-order valence-electron chi connectivity index (χ1n) is 19.9. The molecule has 2 aliphatic rings. The van der Waals surface area contributed by atoms with E-state index < -0.39 is 46.6 Å². The number of alkyl halides is 3. The average molecular weight is 783 g/mol. The second kappa shape index (κ2) is 18.1. The van der Waals surface area contributed by atoms with Crippen LogP contribution in [0.5, 0.6) is 0 Å². The molecule has 3 aromatic rings. The van der Waals surface area contributed by atoms with Crippen LogP contribution in [0, 0.1) is 35.4 Å². The fraction of sp³-hybridized carbons (Fsp3) is 0.558. The topological polar surface area (TPSA) is 128 Å². The van der Waals surface area contributed by atoms with Crippen molar-refractivity contribution in [3.8, 4) is 0 Å². The number of nitrogens with one attached hydrogen (secondary N) is 3. The summed E-state index contributed by atoms with van der Waals surface area (Å²) in [6, 6.07) is 9.83. The molecule has 0 bridgehead atoms. The fourth-order valence-electron chi connectivity index (χ4n) is 8.33.